The highest BCUT2D eigenvalue weighted by molar-refractivity contribution is 7.19. The Hall–Kier alpha value is -5.44. The van der Waals surface area contributed by atoms with Crippen molar-refractivity contribution in [2.75, 3.05) is 4.90 Å². The summed E-state index contributed by atoms with van der Waals surface area (Å²) in [5.74, 6) is 0.716. The summed E-state index contributed by atoms with van der Waals surface area (Å²) >= 11 is 1.96. The first-order chi connectivity index (χ1) is 25.9. The molecule has 2 heteroatoms. The molecule has 260 valence electrons. The number of anilines is 1. The van der Waals surface area contributed by atoms with Crippen molar-refractivity contribution in [2.24, 2.45) is 11.3 Å². The van der Waals surface area contributed by atoms with Crippen LogP contribution in [0.2, 0.25) is 0 Å². The van der Waals surface area contributed by atoms with E-state index in [9.17, 15) is 0 Å². The third-order valence-corrected chi connectivity index (χ3v) is 13.1. The van der Waals surface area contributed by atoms with E-state index in [-0.39, 0.29) is 5.41 Å². The molecule has 1 heterocycles. The van der Waals surface area contributed by atoms with Crippen LogP contribution in [-0.4, -0.2) is 0 Å². The van der Waals surface area contributed by atoms with Gasteiger partial charge in [0.1, 0.15) is 0 Å². The largest absolute Gasteiger partial charge is 0.311 e. The second-order valence-corrected chi connectivity index (χ2v) is 16.5. The molecule has 0 fully saturated rings. The maximum absolute atomic E-state index is 2.51. The van der Waals surface area contributed by atoms with E-state index in [2.05, 4.69) is 196 Å². The van der Waals surface area contributed by atoms with Crippen LogP contribution in [0.25, 0.3) is 38.1 Å². The van der Waals surface area contributed by atoms with E-state index in [4.69, 9.17) is 0 Å². The average Bonchev–Trinajstić information content (AvgIpc) is 3.42. The highest BCUT2D eigenvalue weighted by atomic mass is 32.1. The van der Waals surface area contributed by atoms with Crippen LogP contribution in [0.1, 0.15) is 55.5 Å². The van der Waals surface area contributed by atoms with Gasteiger partial charge in [0.15, 0.2) is 0 Å². The number of rotatable bonds is 5. The van der Waals surface area contributed by atoms with Gasteiger partial charge in [-0.15, -0.1) is 11.3 Å². The van der Waals surface area contributed by atoms with Gasteiger partial charge in [-0.05, 0) is 87.1 Å². The summed E-state index contributed by atoms with van der Waals surface area (Å²) < 4.78 is 1.38. The van der Waals surface area contributed by atoms with Crippen molar-refractivity contribution >= 4 is 44.0 Å². The van der Waals surface area contributed by atoms with Crippen molar-refractivity contribution in [2.45, 2.75) is 46.0 Å². The van der Waals surface area contributed by atoms with E-state index < -0.39 is 0 Å². The van der Waals surface area contributed by atoms with Crippen LogP contribution in [-0.2, 0) is 6.42 Å². The molecule has 0 bridgehead atoms. The van der Waals surface area contributed by atoms with Crippen molar-refractivity contribution in [1.82, 2.24) is 0 Å². The third kappa shape index (κ3) is 6.26. The molecule has 0 saturated heterocycles. The van der Waals surface area contributed by atoms with Gasteiger partial charge in [0.2, 0.25) is 0 Å². The second-order valence-electron chi connectivity index (χ2n) is 15.3. The Morgan fingerprint density at radius 1 is 0.642 bits per heavy atom. The van der Waals surface area contributed by atoms with E-state index in [1.807, 2.05) is 11.3 Å². The molecule has 0 saturated carbocycles. The quantitative estimate of drug-likeness (QED) is 0.173. The Balaban J connectivity index is 1.09. The molecule has 3 aliphatic carbocycles. The number of allylic oxidation sites excluding steroid dienone is 9. The van der Waals surface area contributed by atoms with Crippen LogP contribution >= 0.6 is 11.3 Å². The topological polar surface area (TPSA) is 3.24 Å². The normalized spacial score (nSPS) is 20.1. The van der Waals surface area contributed by atoms with E-state index in [0.29, 0.717) is 11.8 Å². The number of fused-ring (bicyclic) bond motifs is 4. The molecule has 2 atom stereocenters. The molecule has 0 amide bonds. The minimum Gasteiger partial charge on any atom is -0.311 e. The van der Waals surface area contributed by atoms with E-state index in [1.54, 1.807) is 0 Å². The van der Waals surface area contributed by atoms with Crippen LogP contribution in [0.5, 0.6) is 0 Å². The predicted octanol–water partition coefficient (Wildman–Crippen LogP) is 14.2. The van der Waals surface area contributed by atoms with Crippen LogP contribution in [0.3, 0.4) is 0 Å². The molecule has 5 aromatic carbocycles. The van der Waals surface area contributed by atoms with Gasteiger partial charge in [-0.3, -0.25) is 0 Å². The number of hydrogen-bond acceptors (Lipinski definition) is 2. The standard InChI is InChI=1S/C51H45NS/c1-35-20-32-46-45-17-9-10-19-49(45)53-50(46)34-41-27-30-43(31-33-47(41)51(35,2)3)52(48-18-11-15-40-14-7-8-16-44(40)48)42-28-25-39(26-29-42)38-23-21-37(22-24-38)36-12-5-4-6-13-36/h4-25,28-33,35,39H,26-27,34H2,1-3H3/b32-20-. The smallest absolute Gasteiger partial charge is 0.0539 e. The summed E-state index contributed by atoms with van der Waals surface area (Å²) in [6.07, 6.45) is 22.3. The minimum absolute atomic E-state index is 0.0207. The highest BCUT2D eigenvalue weighted by Crippen LogP contribution is 2.46. The second kappa shape index (κ2) is 13.8. The van der Waals surface area contributed by atoms with Gasteiger partial charge < -0.3 is 4.90 Å². The molecule has 0 radical (unpaired) electrons. The van der Waals surface area contributed by atoms with E-state index in [1.165, 1.54) is 76.2 Å². The summed E-state index contributed by atoms with van der Waals surface area (Å²) in [6.45, 7) is 7.26. The molecule has 1 nitrogen and oxygen atoms in total. The van der Waals surface area contributed by atoms with Gasteiger partial charge in [0, 0.05) is 38.7 Å². The molecule has 6 aromatic rings. The Bertz CT molecular complexity index is 2510. The Morgan fingerprint density at radius 2 is 1.36 bits per heavy atom. The Morgan fingerprint density at radius 3 is 2.17 bits per heavy atom. The maximum atomic E-state index is 2.51. The van der Waals surface area contributed by atoms with Gasteiger partial charge in [0.05, 0.1) is 5.69 Å². The molecule has 53 heavy (non-hydrogen) atoms. The third-order valence-electron chi connectivity index (χ3n) is 11.9. The van der Waals surface area contributed by atoms with Gasteiger partial charge in [-0.2, -0.15) is 0 Å². The molecule has 2 unspecified atom stereocenters. The van der Waals surface area contributed by atoms with Crippen LogP contribution in [0.15, 0.2) is 186 Å². The molecule has 1 aromatic heterocycles. The summed E-state index contributed by atoms with van der Waals surface area (Å²) in [5.41, 5.74) is 11.9. The Labute approximate surface area is 318 Å². The van der Waals surface area contributed by atoms with Crippen molar-refractivity contribution in [3.63, 3.8) is 0 Å². The lowest BCUT2D eigenvalue weighted by Gasteiger charge is -2.33. The van der Waals surface area contributed by atoms with Gasteiger partial charge in [-0.1, -0.05) is 172 Å². The van der Waals surface area contributed by atoms with Crippen LogP contribution in [0, 0.1) is 11.3 Å². The minimum atomic E-state index is -0.0207. The maximum Gasteiger partial charge on any atom is 0.0539 e. The van der Waals surface area contributed by atoms with Crippen molar-refractivity contribution < 1.29 is 0 Å². The first kappa shape index (κ1) is 33.4. The number of hydrogen-bond donors (Lipinski definition) is 0. The first-order valence-electron chi connectivity index (χ1n) is 19.0. The van der Waals surface area contributed by atoms with Crippen molar-refractivity contribution in [1.29, 1.82) is 0 Å². The molecule has 0 N–H and O–H groups in total. The van der Waals surface area contributed by atoms with Crippen LogP contribution < -0.4 is 4.90 Å². The summed E-state index contributed by atoms with van der Waals surface area (Å²) in [6, 6.07) is 44.2. The molecule has 0 spiro atoms. The zero-order chi connectivity index (χ0) is 35.9. The molecular weight excluding hydrogens is 659 g/mol. The molecule has 9 rings (SSSR count). The Kier molecular flexibility index (Phi) is 8.72. The molecule has 0 aliphatic heterocycles. The van der Waals surface area contributed by atoms with Gasteiger partial charge in [-0.25, -0.2) is 0 Å². The number of benzene rings is 5. The van der Waals surface area contributed by atoms with Crippen LogP contribution in [0.4, 0.5) is 5.69 Å². The lowest BCUT2D eigenvalue weighted by molar-refractivity contribution is 0.348. The fraction of sp³-hybridized carbons (Fsp3) is 0.176. The fourth-order valence-electron chi connectivity index (χ4n) is 8.45. The SMILES string of the molecule is CC1/C=C\c2c(sc3ccccc23)CC2=C(C=CC(N(C3=CCC(c4ccc(-c5ccccc5)cc4)C=C3)c3cccc4ccccc34)=CC2)C1(C)C. The number of thiophene rings is 1. The van der Waals surface area contributed by atoms with Gasteiger partial charge >= 0.3 is 0 Å². The fourth-order valence-corrected chi connectivity index (χ4v) is 9.69. The first-order valence-corrected chi connectivity index (χ1v) is 19.9. The van der Waals surface area contributed by atoms with Gasteiger partial charge in [0.25, 0.3) is 0 Å². The monoisotopic (exact) mass is 703 g/mol. The lowest BCUT2D eigenvalue weighted by atomic mass is 9.71. The summed E-state index contributed by atoms with van der Waals surface area (Å²) in [5, 5.41) is 3.89. The lowest BCUT2D eigenvalue weighted by Crippen LogP contribution is -2.23. The van der Waals surface area contributed by atoms with E-state index in [0.717, 1.165) is 19.3 Å². The number of nitrogens with zero attached hydrogens (tertiary/aromatic N) is 1. The zero-order valence-electron chi connectivity index (χ0n) is 30.8. The predicted molar refractivity (Wildman–Crippen MR) is 229 cm³/mol. The molecule has 3 aliphatic rings. The average molecular weight is 704 g/mol. The highest BCUT2D eigenvalue weighted by Gasteiger charge is 2.32. The van der Waals surface area contributed by atoms with Crippen molar-refractivity contribution in [3.8, 4) is 11.1 Å². The summed E-state index contributed by atoms with van der Waals surface area (Å²) in [4.78, 5) is 3.98. The zero-order valence-corrected chi connectivity index (χ0v) is 31.6. The molecular formula is C51H45NS. The summed E-state index contributed by atoms with van der Waals surface area (Å²) in [7, 11) is 0. The van der Waals surface area contributed by atoms with E-state index >= 15 is 0 Å². The van der Waals surface area contributed by atoms with Crippen molar-refractivity contribution in [3.05, 3.63) is 202 Å².